The van der Waals surface area contributed by atoms with Crippen LogP contribution in [0.5, 0.6) is 0 Å². The van der Waals surface area contributed by atoms with Gasteiger partial charge in [-0.25, -0.2) is 0 Å². The smallest absolute Gasteiger partial charge is 0.325 e. The zero-order valence-corrected chi connectivity index (χ0v) is 12.6. The predicted molar refractivity (Wildman–Crippen MR) is 75.5 cm³/mol. The SMILES string of the molecule is CCOC(=O)CN(CC(C)C)C(=O)C(C)CCCN. The van der Waals surface area contributed by atoms with E-state index in [1.165, 1.54) is 0 Å². The lowest BCUT2D eigenvalue weighted by atomic mass is 10.0. The van der Waals surface area contributed by atoms with Crippen LogP contribution >= 0.6 is 0 Å². The summed E-state index contributed by atoms with van der Waals surface area (Å²) in [6.07, 6.45) is 1.58. The summed E-state index contributed by atoms with van der Waals surface area (Å²) in [7, 11) is 0. The van der Waals surface area contributed by atoms with Crippen molar-refractivity contribution in [1.82, 2.24) is 4.90 Å². The Morgan fingerprint density at radius 1 is 1.26 bits per heavy atom. The molecule has 0 aromatic rings. The molecule has 0 aliphatic carbocycles. The third-order valence-electron chi connectivity index (χ3n) is 2.79. The highest BCUT2D eigenvalue weighted by Gasteiger charge is 2.23. The molecule has 19 heavy (non-hydrogen) atoms. The molecule has 0 saturated carbocycles. The summed E-state index contributed by atoms with van der Waals surface area (Å²) in [6, 6.07) is 0. The van der Waals surface area contributed by atoms with Gasteiger partial charge in [0.25, 0.3) is 0 Å². The van der Waals surface area contributed by atoms with Crippen molar-refractivity contribution in [2.45, 2.75) is 40.5 Å². The summed E-state index contributed by atoms with van der Waals surface area (Å²) in [5.41, 5.74) is 5.46. The average molecular weight is 272 g/mol. The van der Waals surface area contributed by atoms with E-state index in [-0.39, 0.29) is 24.3 Å². The van der Waals surface area contributed by atoms with Crippen molar-refractivity contribution in [2.24, 2.45) is 17.6 Å². The number of hydrogen-bond acceptors (Lipinski definition) is 4. The van der Waals surface area contributed by atoms with Gasteiger partial charge >= 0.3 is 5.97 Å². The van der Waals surface area contributed by atoms with E-state index in [0.717, 1.165) is 12.8 Å². The Bertz CT molecular complexity index is 280. The Hall–Kier alpha value is -1.10. The van der Waals surface area contributed by atoms with Crippen LogP contribution in [-0.2, 0) is 14.3 Å². The molecule has 5 nitrogen and oxygen atoms in total. The van der Waals surface area contributed by atoms with Crippen molar-refractivity contribution in [3.05, 3.63) is 0 Å². The van der Waals surface area contributed by atoms with Crippen molar-refractivity contribution in [3.63, 3.8) is 0 Å². The molecule has 0 aromatic heterocycles. The highest BCUT2D eigenvalue weighted by molar-refractivity contribution is 5.83. The fourth-order valence-corrected chi connectivity index (χ4v) is 1.89. The molecule has 0 aliphatic heterocycles. The summed E-state index contributed by atoms with van der Waals surface area (Å²) in [6.45, 7) is 9.23. The fraction of sp³-hybridized carbons (Fsp3) is 0.857. The van der Waals surface area contributed by atoms with Gasteiger partial charge in [0, 0.05) is 12.5 Å². The van der Waals surface area contributed by atoms with Crippen LogP contribution < -0.4 is 5.73 Å². The second kappa shape index (κ2) is 9.78. The summed E-state index contributed by atoms with van der Waals surface area (Å²) < 4.78 is 4.91. The lowest BCUT2D eigenvalue weighted by Gasteiger charge is -2.26. The average Bonchev–Trinajstić information content (AvgIpc) is 2.33. The van der Waals surface area contributed by atoms with Gasteiger partial charge in [0.2, 0.25) is 5.91 Å². The molecule has 0 radical (unpaired) electrons. The second-order valence-corrected chi connectivity index (χ2v) is 5.25. The second-order valence-electron chi connectivity index (χ2n) is 5.25. The number of carbonyl (C=O) groups excluding carboxylic acids is 2. The van der Waals surface area contributed by atoms with Crippen molar-refractivity contribution in [3.8, 4) is 0 Å². The van der Waals surface area contributed by atoms with Crippen LogP contribution in [0.4, 0.5) is 0 Å². The zero-order chi connectivity index (χ0) is 14.8. The maximum atomic E-state index is 12.3. The molecule has 0 aliphatic rings. The first kappa shape index (κ1) is 17.9. The van der Waals surface area contributed by atoms with Crippen LogP contribution in [0.3, 0.4) is 0 Å². The molecule has 0 spiro atoms. The number of ether oxygens (including phenoxy) is 1. The maximum Gasteiger partial charge on any atom is 0.325 e. The van der Waals surface area contributed by atoms with E-state index in [9.17, 15) is 9.59 Å². The molecule has 1 amide bonds. The van der Waals surface area contributed by atoms with Gasteiger partial charge in [-0.2, -0.15) is 0 Å². The summed E-state index contributed by atoms with van der Waals surface area (Å²) >= 11 is 0. The zero-order valence-electron chi connectivity index (χ0n) is 12.6. The first-order valence-corrected chi connectivity index (χ1v) is 7.06. The number of amides is 1. The number of nitrogens with zero attached hydrogens (tertiary/aromatic N) is 1. The third kappa shape index (κ3) is 7.82. The molecular formula is C14H28N2O3. The number of hydrogen-bond donors (Lipinski definition) is 1. The van der Waals surface area contributed by atoms with Gasteiger partial charge in [-0.1, -0.05) is 20.8 Å². The molecule has 0 fully saturated rings. The van der Waals surface area contributed by atoms with Crippen LogP contribution in [0.15, 0.2) is 0 Å². The Kier molecular flexibility index (Phi) is 9.21. The van der Waals surface area contributed by atoms with Gasteiger partial charge < -0.3 is 15.4 Å². The van der Waals surface area contributed by atoms with Crippen molar-refractivity contribution in [2.75, 3.05) is 26.2 Å². The molecule has 0 rings (SSSR count). The van der Waals surface area contributed by atoms with Gasteiger partial charge in [-0.3, -0.25) is 9.59 Å². The Balaban J connectivity index is 4.54. The standard InChI is InChI=1S/C14H28N2O3/c1-5-19-13(17)10-16(9-11(2)3)14(18)12(4)7-6-8-15/h11-12H,5-10,15H2,1-4H3. The van der Waals surface area contributed by atoms with Gasteiger partial charge in [0.15, 0.2) is 0 Å². The first-order chi connectivity index (χ1) is 8.92. The normalized spacial score (nSPS) is 12.3. The molecule has 1 atom stereocenters. The molecule has 112 valence electrons. The summed E-state index contributed by atoms with van der Waals surface area (Å²) in [5, 5.41) is 0. The van der Waals surface area contributed by atoms with Gasteiger partial charge in [0.05, 0.1) is 6.61 Å². The molecule has 2 N–H and O–H groups in total. The predicted octanol–water partition coefficient (Wildman–Crippen LogP) is 1.41. The Morgan fingerprint density at radius 3 is 2.37 bits per heavy atom. The topological polar surface area (TPSA) is 72.6 Å². The first-order valence-electron chi connectivity index (χ1n) is 7.06. The highest BCUT2D eigenvalue weighted by atomic mass is 16.5. The molecule has 0 saturated heterocycles. The lowest BCUT2D eigenvalue weighted by Crippen LogP contribution is -2.41. The summed E-state index contributed by atoms with van der Waals surface area (Å²) in [4.78, 5) is 25.4. The van der Waals surface area contributed by atoms with Crippen molar-refractivity contribution < 1.29 is 14.3 Å². The highest BCUT2D eigenvalue weighted by Crippen LogP contribution is 2.11. The van der Waals surface area contributed by atoms with E-state index in [1.807, 2.05) is 20.8 Å². The van der Waals surface area contributed by atoms with Crippen LogP contribution in [-0.4, -0.2) is 43.0 Å². The van der Waals surface area contributed by atoms with E-state index in [0.29, 0.717) is 25.6 Å². The number of carbonyl (C=O) groups is 2. The Labute approximate surface area is 116 Å². The quantitative estimate of drug-likeness (QED) is 0.644. The molecular weight excluding hydrogens is 244 g/mol. The minimum atomic E-state index is -0.345. The maximum absolute atomic E-state index is 12.3. The minimum Gasteiger partial charge on any atom is -0.465 e. The van der Waals surface area contributed by atoms with Crippen molar-refractivity contribution in [1.29, 1.82) is 0 Å². The van der Waals surface area contributed by atoms with Crippen LogP contribution in [0.1, 0.15) is 40.5 Å². The third-order valence-corrected chi connectivity index (χ3v) is 2.79. The van der Waals surface area contributed by atoms with E-state index in [1.54, 1.807) is 11.8 Å². The van der Waals surface area contributed by atoms with Gasteiger partial charge in [-0.05, 0) is 32.2 Å². The molecule has 5 heteroatoms. The van der Waals surface area contributed by atoms with Crippen LogP contribution in [0, 0.1) is 11.8 Å². The monoisotopic (exact) mass is 272 g/mol. The number of rotatable bonds is 9. The van der Waals surface area contributed by atoms with E-state index < -0.39 is 0 Å². The van der Waals surface area contributed by atoms with Gasteiger partial charge in [-0.15, -0.1) is 0 Å². The van der Waals surface area contributed by atoms with Crippen LogP contribution in [0.25, 0.3) is 0 Å². The molecule has 0 heterocycles. The lowest BCUT2D eigenvalue weighted by molar-refractivity contribution is -0.150. The van der Waals surface area contributed by atoms with Crippen LogP contribution in [0.2, 0.25) is 0 Å². The van der Waals surface area contributed by atoms with Gasteiger partial charge in [0.1, 0.15) is 6.54 Å². The minimum absolute atomic E-state index is 0.00945. The largest absolute Gasteiger partial charge is 0.465 e. The number of nitrogens with two attached hydrogens (primary N) is 1. The number of esters is 1. The Morgan fingerprint density at radius 2 is 1.89 bits per heavy atom. The van der Waals surface area contributed by atoms with E-state index in [4.69, 9.17) is 10.5 Å². The molecule has 0 bridgehead atoms. The fourth-order valence-electron chi connectivity index (χ4n) is 1.89. The molecule has 1 unspecified atom stereocenters. The summed E-state index contributed by atoms with van der Waals surface area (Å²) in [5.74, 6) is -0.116. The van der Waals surface area contributed by atoms with E-state index >= 15 is 0 Å². The van der Waals surface area contributed by atoms with E-state index in [2.05, 4.69) is 0 Å². The van der Waals surface area contributed by atoms with Crippen molar-refractivity contribution >= 4 is 11.9 Å². The molecule has 0 aromatic carbocycles.